The van der Waals surface area contributed by atoms with E-state index in [1.807, 2.05) is 13.8 Å². The fraction of sp³-hybridized carbons (Fsp3) is 0.636. The van der Waals surface area contributed by atoms with Gasteiger partial charge in [0.15, 0.2) is 0 Å². The first-order chi connectivity index (χ1) is 6.07. The van der Waals surface area contributed by atoms with Crippen LogP contribution in [0.15, 0.2) is 6.07 Å². The van der Waals surface area contributed by atoms with Crippen LogP contribution in [0.3, 0.4) is 0 Å². The van der Waals surface area contributed by atoms with Crippen LogP contribution in [0.25, 0.3) is 0 Å². The van der Waals surface area contributed by atoms with Gasteiger partial charge in [0, 0.05) is 9.75 Å². The number of hydrogen-bond donors (Lipinski definition) is 1. The van der Waals surface area contributed by atoms with Gasteiger partial charge >= 0.3 is 0 Å². The summed E-state index contributed by atoms with van der Waals surface area (Å²) < 4.78 is 0. The van der Waals surface area contributed by atoms with E-state index in [1.54, 1.807) is 11.3 Å². The van der Waals surface area contributed by atoms with Crippen LogP contribution in [0.5, 0.6) is 0 Å². The van der Waals surface area contributed by atoms with Crippen molar-refractivity contribution < 1.29 is 5.11 Å². The first-order valence-corrected chi connectivity index (χ1v) is 5.73. The third-order valence-corrected chi connectivity index (χ3v) is 4.15. The summed E-state index contributed by atoms with van der Waals surface area (Å²) in [7, 11) is 0. The van der Waals surface area contributed by atoms with Crippen molar-refractivity contribution in [2.45, 2.75) is 45.1 Å². The van der Waals surface area contributed by atoms with Crippen LogP contribution >= 0.6 is 11.3 Å². The number of thiophene rings is 1. The standard InChI is InChI=1S/C11H16OS/c1-11(2,12)10-7-8-5-3-4-6-9(8)13-10/h7,12H,3-6H2,1-2H3. The molecule has 0 aromatic carbocycles. The van der Waals surface area contributed by atoms with Crippen molar-refractivity contribution in [2.75, 3.05) is 0 Å². The summed E-state index contributed by atoms with van der Waals surface area (Å²) in [6.07, 6.45) is 5.06. The topological polar surface area (TPSA) is 20.2 Å². The van der Waals surface area contributed by atoms with E-state index in [2.05, 4.69) is 6.07 Å². The van der Waals surface area contributed by atoms with E-state index in [0.717, 1.165) is 4.88 Å². The van der Waals surface area contributed by atoms with Gasteiger partial charge in [0.05, 0.1) is 5.60 Å². The number of rotatable bonds is 1. The van der Waals surface area contributed by atoms with Crippen LogP contribution in [0.2, 0.25) is 0 Å². The van der Waals surface area contributed by atoms with Gasteiger partial charge in [0.1, 0.15) is 0 Å². The smallest absolute Gasteiger partial charge is 0.0932 e. The molecule has 0 saturated heterocycles. The second-order valence-electron chi connectivity index (χ2n) is 4.33. The molecule has 1 N–H and O–H groups in total. The number of hydrogen-bond acceptors (Lipinski definition) is 2. The van der Waals surface area contributed by atoms with Gasteiger partial charge in [-0.1, -0.05) is 0 Å². The van der Waals surface area contributed by atoms with Gasteiger partial charge in [-0.05, 0) is 51.2 Å². The van der Waals surface area contributed by atoms with E-state index < -0.39 is 5.60 Å². The molecule has 0 radical (unpaired) electrons. The van der Waals surface area contributed by atoms with E-state index in [0.29, 0.717) is 0 Å². The van der Waals surface area contributed by atoms with Gasteiger partial charge in [-0.25, -0.2) is 0 Å². The van der Waals surface area contributed by atoms with Crippen LogP contribution in [-0.4, -0.2) is 5.11 Å². The lowest BCUT2D eigenvalue weighted by molar-refractivity contribution is 0.0825. The lowest BCUT2D eigenvalue weighted by Gasteiger charge is -2.13. The van der Waals surface area contributed by atoms with Crippen molar-refractivity contribution in [1.82, 2.24) is 0 Å². The van der Waals surface area contributed by atoms with Crippen LogP contribution in [0, 0.1) is 0 Å². The SMILES string of the molecule is CC(C)(O)c1cc2c(s1)CCCC2. The molecule has 0 atom stereocenters. The molecule has 2 rings (SSSR count). The Kier molecular flexibility index (Phi) is 2.20. The highest BCUT2D eigenvalue weighted by Crippen LogP contribution is 2.34. The summed E-state index contributed by atoms with van der Waals surface area (Å²) in [4.78, 5) is 2.63. The zero-order chi connectivity index (χ0) is 9.47. The van der Waals surface area contributed by atoms with Crippen molar-refractivity contribution >= 4 is 11.3 Å². The molecule has 0 unspecified atom stereocenters. The Balaban J connectivity index is 2.36. The van der Waals surface area contributed by atoms with E-state index >= 15 is 0 Å². The maximum Gasteiger partial charge on any atom is 0.0932 e. The third kappa shape index (κ3) is 1.79. The van der Waals surface area contributed by atoms with Gasteiger partial charge in [-0.2, -0.15) is 0 Å². The van der Waals surface area contributed by atoms with Gasteiger partial charge in [-0.3, -0.25) is 0 Å². The molecule has 0 saturated carbocycles. The van der Waals surface area contributed by atoms with E-state index in [1.165, 1.54) is 36.1 Å². The molecule has 0 aliphatic heterocycles. The predicted molar refractivity (Wildman–Crippen MR) is 56.2 cm³/mol. The normalized spacial score (nSPS) is 17.2. The van der Waals surface area contributed by atoms with Gasteiger partial charge in [0.25, 0.3) is 0 Å². The molecule has 1 aliphatic rings. The molecule has 1 aromatic rings. The van der Waals surface area contributed by atoms with E-state index in [4.69, 9.17) is 0 Å². The average molecular weight is 196 g/mol. The molecule has 0 bridgehead atoms. The lowest BCUT2D eigenvalue weighted by Crippen LogP contribution is -2.12. The number of aryl methyl sites for hydroxylation is 2. The monoisotopic (exact) mass is 196 g/mol. The minimum absolute atomic E-state index is 0.651. The highest BCUT2D eigenvalue weighted by atomic mass is 32.1. The fourth-order valence-electron chi connectivity index (χ4n) is 1.79. The Hall–Kier alpha value is -0.340. The molecule has 13 heavy (non-hydrogen) atoms. The molecular weight excluding hydrogens is 180 g/mol. The molecule has 0 spiro atoms. The van der Waals surface area contributed by atoms with E-state index in [-0.39, 0.29) is 0 Å². The molecule has 1 aromatic heterocycles. The number of aliphatic hydroxyl groups is 1. The highest BCUT2D eigenvalue weighted by Gasteiger charge is 2.22. The fourth-order valence-corrected chi connectivity index (χ4v) is 3.05. The summed E-state index contributed by atoms with van der Waals surface area (Å²) in [6, 6.07) is 2.19. The van der Waals surface area contributed by atoms with Crippen molar-refractivity contribution in [3.63, 3.8) is 0 Å². The summed E-state index contributed by atoms with van der Waals surface area (Å²) in [6.45, 7) is 3.73. The zero-order valence-corrected chi connectivity index (χ0v) is 9.08. The molecular formula is C11H16OS. The molecule has 0 amide bonds. The molecule has 0 fully saturated rings. The second-order valence-corrected chi connectivity index (χ2v) is 5.46. The third-order valence-electron chi connectivity index (χ3n) is 2.60. The van der Waals surface area contributed by atoms with Crippen molar-refractivity contribution in [3.05, 3.63) is 21.4 Å². The highest BCUT2D eigenvalue weighted by molar-refractivity contribution is 7.12. The first kappa shape index (κ1) is 9.22. The zero-order valence-electron chi connectivity index (χ0n) is 8.26. The largest absolute Gasteiger partial charge is 0.385 e. The van der Waals surface area contributed by atoms with Gasteiger partial charge < -0.3 is 5.11 Å². The summed E-state index contributed by atoms with van der Waals surface area (Å²) in [5.41, 5.74) is 0.829. The van der Waals surface area contributed by atoms with E-state index in [9.17, 15) is 5.11 Å². The Morgan fingerprint density at radius 1 is 1.31 bits per heavy atom. The molecule has 2 heteroatoms. The molecule has 72 valence electrons. The minimum atomic E-state index is -0.651. The Labute approximate surface area is 83.4 Å². The Morgan fingerprint density at radius 2 is 2.00 bits per heavy atom. The van der Waals surface area contributed by atoms with Gasteiger partial charge in [-0.15, -0.1) is 11.3 Å². The maximum atomic E-state index is 9.85. The van der Waals surface area contributed by atoms with Gasteiger partial charge in [0.2, 0.25) is 0 Å². The Morgan fingerprint density at radius 3 is 2.62 bits per heavy atom. The van der Waals surface area contributed by atoms with Crippen molar-refractivity contribution in [1.29, 1.82) is 0 Å². The maximum absolute atomic E-state index is 9.85. The molecule has 1 nitrogen and oxygen atoms in total. The second kappa shape index (κ2) is 3.10. The van der Waals surface area contributed by atoms with Crippen LogP contribution in [0.4, 0.5) is 0 Å². The van der Waals surface area contributed by atoms with Crippen molar-refractivity contribution in [3.8, 4) is 0 Å². The predicted octanol–water partition coefficient (Wildman–Crippen LogP) is 2.85. The van der Waals surface area contributed by atoms with Crippen molar-refractivity contribution in [2.24, 2.45) is 0 Å². The molecule has 1 aliphatic carbocycles. The van der Waals surface area contributed by atoms with Crippen LogP contribution in [0.1, 0.15) is 42.0 Å². The van der Waals surface area contributed by atoms with Crippen LogP contribution in [-0.2, 0) is 18.4 Å². The number of fused-ring (bicyclic) bond motifs is 1. The minimum Gasteiger partial charge on any atom is -0.385 e. The quantitative estimate of drug-likeness (QED) is 0.732. The summed E-state index contributed by atoms with van der Waals surface area (Å²) in [5.74, 6) is 0. The Bertz CT molecular complexity index is 283. The summed E-state index contributed by atoms with van der Waals surface area (Å²) >= 11 is 1.79. The summed E-state index contributed by atoms with van der Waals surface area (Å²) in [5, 5.41) is 9.85. The average Bonchev–Trinajstić information content (AvgIpc) is 2.45. The first-order valence-electron chi connectivity index (χ1n) is 4.92. The molecule has 1 heterocycles. The van der Waals surface area contributed by atoms with Crippen LogP contribution < -0.4 is 0 Å². The lowest BCUT2D eigenvalue weighted by atomic mass is 9.98.